The van der Waals surface area contributed by atoms with Gasteiger partial charge in [0.05, 0.1) is 12.6 Å². The third-order valence-corrected chi connectivity index (χ3v) is 4.51. The van der Waals surface area contributed by atoms with Crippen LogP contribution in [0.2, 0.25) is 0 Å². The van der Waals surface area contributed by atoms with Crippen LogP contribution in [0.5, 0.6) is 5.75 Å². The second-order valence-electron chi connectivity index (χ2n) is 7.75. The second-order valence-corrected chi connectivity index (χ2v) is 7.75. The van der Waals surface area contributed by atoms with Crippen molar-refractivity contribution >= 4 is 5.96 Å². The number of benzene rings is 1. The highest BCUT2D eigenvalue weighted by Crippen LogP contribution is 2.33. The molecule has 2 unspecified atom stereocenters. The lowest BCUT2D eigenvalue weighted by Gasteiger charge is -2.40. The van der Waals surface area contributed by atoms with E-state index in [1.165, 1.54) is 12.1 Å². The van der Waals surface area contributed by atoms with Crippen LogP contribution in [0.3, 0.4) is 0 Å². The molecule has 5 nitrogen and oxygen atoms in total. The van der Waals surface area contributed by atoms with Gasteiger partial charge in [0.15, 0.2) is 5.96 Å². The first-order valence-electron chi connectivity index (χ1n) is 9.34. The summed E-state index contributed by atoms with van der Waals surface area (Å²) in [4.78, 5) is 4.26. The Balaban J connectivity index is 1.73. The number of nitrogens with zero attached hydrogens (tertiary/aromatic N) is 1. The highest BCUT2D eigenvalue weighted by molar-refractivity contribution is 5.79. The molecule has 0 spiro atoms. The first-order chi connectivity index (χ1) is 12.4. The van der Waals surface area contributed by atoms with Gasteiger partial charge in [0.2, 0.25) is 0 Å². The molecule has 1 fully saturated rings. The van der Waals surface area contributed by atoms with E-state index in [9.17, 15) is 4.39 Å². The summed E-state index contributed by atoms with van der Waals surface area (Å²) in [5.74, 6) is 1.44. The first-order valence-corrected chi connectivity index (χ1v) is 9.34. The molecule has 1 saturated heterocycles. The summed E-state index contributed by atoms with van der Waals surface area (Å²) in [6.07, 6.45) is 2.51. The highest BCUT2D eigenvalue weighted by atomic mass is 19.1. The van der Waals surface area contributed by atoms with Crippen molar-refractivity contribution in [1.29, 1.82) is 0 Å². The van der Waals surface area contributed by atoms with Gasteiger partial charge in [-0.3, -0.25) is 4.99 Å². The summed E-state index contributed by atoms with van der Waals surface area (Å²) in [6.45, 7) is 9.38. The van der Waals surface area contributed by atoms with Crippen LogP contribution in [0.15, 0.2) is 29.3 Å². The van der Waals surface area contributed by atoms with Gasteiger partial charge in [0.25, 0.3) is 0 Å². The van der Waals surface area contributed by atoms with E-state index in [2.05, 4.69) is 36.4 Å². The van der Waals surface area contributed by atoms with E-state index in [0.29, 0.717) is 24.8 Å². The molecule has 2 N–H and O–H groups in total. The molecule has 0 aliphatic carbocycles. The number of aliphatic imine (C=N–C) groups is 1. The molecule has 0 saturated carbocycles. The van der Waals surface area contributed by atoms with Gasteiger partial charge >= 0.3 is 0 Å². The minimum absolute atomic E-state index is 0.127. The van der Waals surface area contributed by atoms with E-state index in [1.807, 2.05) is 0 Å². The van der Waals surface area contributed by atoms with E-state index in [-0.39, 0.29) is 17.3 Å². The molecule has 1 aliphatic heterocycles. The minimum atomic E-state index is -0.295. The van der Waals surface area contributed by atoms with Crippen molar-refractivity contribution < 1.29 is 13.9 Å². The van der Waals surface area contributed by atoms with Gasteiger partial charge in [0.1, 0.15) is 18.2 Å². The van der Waals surface area contributed by atoms with Crippen LogP contribution in [-0.4, -0.2) is 45.4 Å². The zero-order chi connectivity index (χ0) is 19.0. The zero-order valence-corrected chi connectivity index (χ0v) is 16.3. The molecule has 0 radical (unpaired) electrons. The van der Waals surface area contributed by atoms with E-state index < -0.39 is 0 Å². The van der Waals surface area contributed by atoms with Crippen LogP contribution in [-0.2, 0) is 4.74 Å². The lowest BCUT2D eigenvalue weighted by molar-refractivity contribution is -0.0835. The first kappa shape index (κ1) is 20.5. The lowest BCUT2D eigenvalue weighted by atomic mass is 9.78. The molecule has 2 atom stereocenters. The average molecular weight is 365 g/mol. The van der Waals surface area contributed by atoms with Crippen LogP contribution >= 0.6 is 0 Å². The molecule has 146 valence electrons. The fourth-order valence-corrected chi connectivity index (χ4v) is 3.35. The quantitative estimate of drug-likeness (QED) is 0.462. The minimum Gasteiger partial charge on any atom is -0.492 e. The van der Waals surface area contributed by atoms with E-state index in [1.54, 1.807) is 19.2 Å². The number of nitrogens with one attached hydrogen (secondary N) is 2. The van der Waals surface area contributed by atoms with Crippen molar-refractivity contribution in [1.82, 2.24) is 10.6 Å². The predicted octanol–water partition coefficient (Wildman–Crippen LogP) is 3.21. The Hall–Kier alpha value is -1.82. The van der Waals surface area contributed by atoms with Crippen LogP contribution < -0.4 is 15.4 Å². The molecule has 6 heteroatoms. The van der Waals surface area contributed by atoms with Crippen LogP contribution in [0, 0.1) is 17.2 Å². The number of guanidine groups is 1. The molecule has 2 rings (SSSR count). The molecule has 1 heterocycles. The summed E-state index contributed by atoms with van der Waals surface area (Å²) in [6, 6.07) is 6.15. The summed E-state index contributed by atoms with van der Waals surface area (Å²) in [5.41, 5.74) is 0.127. The summed E-state index contributed by atoms with van der Waals surface area (Å²) >= 11 is 0. The fourth-order valence-electron chi connectivity index (χ4n) is 3.35. The maximum Gasteiger partial charge on any atom is 0.191 e. The van der Waals surface area contributed by atoms with Gasteiger partial charge in [-0.05, 0) is 30.4 Å². The molecule has 0 bridgehead atoms. The predicted molar refractivity (Wildman–Crippen MR) is 103 cm³/mol. The Morgan fingerprint density at radius 3 is 2.85 bits per heavy atom. The Kier molecular flexibility index (Phi) is 7.69. The van der Waals surface area contributed by atoms with Crippen molar-refractivity contribution in [2.24, 2.45) is 16.3 Å². The van der Waals surface area contributed by atoms with E-state index >= 15 is 0 Å². The van der Waals surface area contributed by atoms with E-state index in [0.717, 1.165) is 32.0 Å². The van der Waals surface area contributed by atoms with Crippen LogP contribution in [0.25, 0.3) is 0 Å². The number of halogens is 1. The number of hydrogen-bond donors (Lipinski definition) is 2. The Morgan fingerprint density at radius 1 is 1.35 bits per heavy atom. The maximum absolute atomic E-state index is 13.1. The average Bonchev–Trinajstić information content (AvgIpc) is 2.60. The van der Waals surface area contributed by atoms with Gasteiger partial charge in [0, 0.05) is 32.2 Å². The van der Waals surface area contributed by atoms with Crippen molar-refractivity contribution in [3.05, 3.63) is 30.1 Å². The lowest BCUT2D eigenvalue weighted by Crippen LogP contribution is -2.48. The Labute approximate surface area is 156 Å². The molecule has 26 heavy (non-hydrogen) atoms. The Bertz CT molecular complexity index is 587. The molecular weight excluding hydrogens is 333 g/mol. The SMILES string of the molecule is CN=C(NCCOc1cccc(F)c1)NCC1CCCOC1C(C)(C)C. The number of hydrogen-bond acceptors (Lipinski definition) is 3. The number of ether oxygens (including phenoxy) is 2. The summed E-state index contributed by atoms with van der Waals surface area (Å²) in [7, 11) is 1.75. The normalized spacial score (nSPS) is 21.3. The third kappa shape index (κ3) is 6.48. The summed E-state index contributed by atoms with van der Waals surface area (Å²) in [5, 5.41) is 6.62. The van der Waals surface area contributed by atoms with Gasteiger partial charge in [-0.15, -0.1) is 0 Å². The van der Waals surface area contributed by atoms with Crippen molar-refractivity contribution in [2.45, 2.75) is 39.7 Å². The van der Waals surface area contributed by atoms with Crippen LogP contribution in [0.4, 0.5) is 4.39 Å². The maximum atomic E-state index is 13.1. The molecule has 0 aromatic heterocycles. The van der Waals surface area contributed by atoms with Gasteiger partial charge in [-0.25, -0.2) is 4.39 Å². The van der Waals surface area contributed by atoms with Crippen LogP contribution in [0.1, 0.15) is 33.6 Å². The fraction of sp³-hybridized carbons (Fsp3) is 0.650. The number of rotatable bonds is 6. The molecule has 1 aromatic carbocycles. The smallest absolute Gasteiger partial charge is 0.191 e. The molecule has 0 amide bonds. The second kappa shape index (κ2) is 9.76. The van der Waals surface area contributed by atoms with Crippen molar-refractivity contribution in [3.8, 4) is 5.75 Å². The largest absolute Gasteiger partial charge is 0.492 e. The van der Waals surface area contributed by atoms with E-state index in [4.69, 9.17) is 9.47 Å². The van der Waals surface area contributed by atoms with Gasteiger partial charge < -0.3 is 20.1 Å². The van der Waals surface area contributed by atoms with Crippen molar-refractivity contribution in [3.63, 3.8) is 0 Å². The topological polar surface area (TPSA) is 54.9 Å². The monoisotopic (exact) mass is 365 g/mol. The molecule has 1 aliphatic rings. The van der Waals surface area contributed by atoms with Crippen molar-refractivity contribution in [2.75, 3.05) is 33.4 Å². The molecular formula is C20H32FN3O2. The molecule has 1 aromatic rings. The third-order valence-electron chi connectivity index (χ3n) is 4.51. The van der Waals surface area contributed by atoms with Gasteiger partial charge in [-0.2, -0.15) is 0 Å². The summed E-state index contributed by atoms with van der Waals surface area (Å²) < 4.78 is 24.7. The Morgan fingerprint density at radius 2 is 2.15 bits per heavy atom. The highest BCUT2D eigenvalue weighted by Gasteiger charge is 2.35. The van der Waals surface area contributed by atoms with Gasteiger partial charge in [-0.1, -0.05) is 26.8 Å². The zero-order valence-electron chi connectivity index (χ0n) is 16.3. The standard InChI is InChI=1S/C20H32FN3O2/c1-20(2,3)18-15(7-6-11-26-18)14-24-19(22-4)23-10-12-25-17-9-5-8-16(21)13-17/h5,8-9,13,15,18H,6-7,10-12,14H2,1-4H3,(H2,22,23,24).